The summed E-state index contributed by atoms with van der Waals surface area (Å²) in [7, 11) is 0. The van der Waals surface area contributed by atoms with E-state index in [0.29, 0.717) is 5.70 Å². The summed E-state index contributed by atoms with van der Waals surface area (Å²) in [5, 5.41) is 6.36. The van der Waals surface area contributed by atoms with Crippen molar-refractivity contribution in [3.63, 3.8) is 0 Å². The average Bonchev–Trinajstić information content (AvgIpc) is 2.63. The van der Waals surface area contributed by atoms with Crippen molar-refractivity contribution in [2.75, 3.05) is 0 Å². The first-order valence-corrected chi connectivity index (χ1v) is 8.42. The van der Waals surface area contributed by atoms with Crippen LogP contribution in [0.25, 0.3) is 0 Å². The number of allylic oxidation sites excluding steroid dienone is 13. The lowest BCUT2D eigenvalue weighted by Gasteiger charge is -2.12. The molecule has 0 unspecified atom stereocenters. The van der Waals surface area contributed by atoms with Crippen molar-refractivity contribution in [3.05, 3.63) is 134 Å². The molecule has 0 spiro atoms. The lowest BCUT2D eigenvalue weighted by molar-refractivity contribution is 0.852. The van der Waals surface area contributed by atoms with Gasteiger partial charge in [0, 0.05) is 22.8 Å². The molecule has 0 radical (unpaired) electrons. The molecule has 1 aliphatic carbocycles. The van der Waals surface area contributed by atoms with E-state index in [9.17, 15) is 0 Å². The van der Waals surface area contributed by atoms with Crippen molar-refractivity contribution in [2.24, 2.45) is 0 Å². The van der Waals surface area contributed by atoms with Gasteiger partial charge in [-0.15, -0.1) is 0 Å². The van der Waals surface area contributed by atoms with E-state index in [4.69, 9.17) is 0 Å². The average molecular weight is 345 g/mol. The summed E-state index contributed by atoms with van der Waals surface area (Å²) < 4.78 is 0. The Morgan fingerprint density at radius 2 is 1.46 bits per heavy atom. The van der Waals surface area contributed by atoms with Gasteiger partial charge in [-0.3, -0.25) is 0 Å². The Kier molecular flexibility index (Phi) is 9.05. The van der Waals surface area contributed by atoms with Crippen LogP contribution in [0.4, 0.5) is 0 Å². The monoisotopic (exact) mass is 344 g/mol. The molecule has 2 nitrogen and oxygen atoms in total. The van der Waals surface area contributed by atoms with Gasteiger partial charge in [-0.05, 0) is 48.3 Å². The van der Waals surface area contributed by atoms with E-state index >= 15 is 0 Å². The molecule has 2 heteroatoms. The minimum atomic E-state index is 0.713. The highest BCUT2D eigenvalue weighted by Crippen LogP contribution is 2.13. The topological polar surface area (TPSA) is 24.1 Å². The Morgan fingerprint density at radius 1 is 0.846 bits per heavy atom. The van der Waals surface area contributed by atoms with Gasteiger partial charge in [0.15, 0.2) is 0 Å². The second kappa shape index (κ2) is 11.3. The molecule has 2 N–H and O–H groups in total. The van der Waals surface area contributed by atoms with Gasteiger partial charge in [0.25, 0.3) is 0 Å². The smallest absolute Gasteiger partial charge is 0.0311 e. The molecule has 26 heavy (non-hydrogen) atoms. The number of rotatable bonds is 11. The molecule has 0 aromatic rings. The molecule has 0 aromatic carbocycles. The molecule has 0 saturated carbocycles. The summed E-state index contributed by atoms with van der Waals surface area (Å²) in [6.07, 6.45) is 21.1. The van der Waals surface area contributed by atoms with Crippen LogP contribution in [-0.4, -0.2) is 0 Å². The fraction of sp³-hybridized carbons (Fsp3) is 0.0833. The van der Waals surface area contributed by atoms with Crippen LogP contribution in [0, 0.1) is 0 Å². The van der Waals surface area contributed by atoms with Crippen LogP contribution in [0.1, 0.15) is 12.8 Å². The van der Waals surface area contributed by atoms with Crippen LogP contribution in [0.5, 0.6) is 0 Å². The normalized spacial score (nSPS) is 13.6. The lowest BCUT2D eigenvalue weighted by atomic mass is 10.1. The van der Waals surface area contributed by atoms with Gasteiger partial charge < -0.3 is 10.6 Å². The zero-order valence-electron chi connectivity index (χ0n) is 15.4. The number of hydrogen-bond donors (Lipinski definition) is 2. The van der Waals surface area contributed by atoms with E-state index in [-0.39, 0.29) is 0 Å². The SMILES string of the molecule is C=C/C=C\C(=C)NC(=C)/C=C\C(=C)C(=C)/C=C\C(=C)NC1=CC=CCC1. The van der Waals surface area contributed by atoms with Crippen molar-refractivity contribution in [1.29, 1.82) is 0 Å². The summed E-state index contributed by atoms with van der Waals surface area (Å²) in [6.45, 7) is 23.5. The maximum atomic E-state index is 4.03. The third-order valence-electron chi connectivity index (χ3n) is 3.47. The summed E-state index contributed by atoms with van der Waals surface area (Å²) in [5.74, 6) is 0. The first kappa shape index (κ1) is 20.8. The van der Waals surface area contributed by atoms with Gasteiger partial charge in [0.05, 0.1) is 0 Å². The van der Waals surface area contributed by atoms with Crippen molar-refractivity contribution >= 4 is 0 Å². The predicted molar refractivity (Wildman–Crippen MR) is 116 cm³/mol. The molecule has 0 heterocycles. The minimum Gasteiger partial charge on any atom is -0.359 e. The van der Waals surface area contributed by atoms with Crippen molar-refractivity contribution < 1.29 is 0 Å². The zero-order valence-corrected chi connectivity index (χ0v) is 15.4. The van der Waals surface area contributed by atoms with E-state index in [1.807, 2.05) is 30.4 Å². The van der Waals surface area contributed by atoms with Gasteiger partial charge in [0.1, 0.15) is 0 Å². The highest BCUT2D eigenvalue weighted by molar-refractivity contribution is 5.45. The van der Waals surface area contributed by atoms with E-state index in [0.717, 1.165) is 35.4 Å². The standard InChI is InChI=1S/C24H28N2/c1-7-8-12-21(4)25-22(5)17-15-19(2)20(3)16-18-23(6)26-24-13-10-9-11-14-24/h7-10,12-13,15-18,25-26H,1-6,11,14H2/b12-8-,17-15-,18-16-. The summed E-state index contributed by atoms with van der Waals surface area (Å²) >= 11 is 0. The molecule has 0 bridgehead atoms. The Balaban J connectivity index is 2.48. The Morgan fingerprint density at radius 3 is 2.04 bits per heavy atom. The maximum Gasteiger partial charge on any atom is 0.0311 e. The van der Waals surface area contributed by atoms with Crippen LogP contribution in [0.2, 0.25) is 0 Å². The minimum absolute atomic E-state index is 0.713. The van der Waals surface area contributed by atoms with Crippen molar-refractivity contribution in [1.82, 2.24) is 10.6 Å². The first-order chi connectivity index (χ1) is 12.4. The van der Waals surface area contributed by atoms with Crippen LogP contribution < -0.4 is 10.6 Å². The van der Waals surface area contributed by atoms with Crippen LogP contribution >= 0.6 is 0 Å². The summed E-state index contributed by atoms with van der Waals surface area (Å²) in [4.78, 5) is 0. The van der Waals surface area contributed by atoms with E-state index < -0.39 is 0 Å². The third-order valence-corrected chi connectivity index (χ3v) is 3.47. The van der Waals surface area contributed by atoms with Gasteiger partial charge in [-0.1, -0.05) is 75.9 Å². The zero-order chi connectivity index (χ0) is 19.4. The summed E-state index contributed by atoms with van der Waals surface area (Å²) in [6, 6.07) is 0. The Bertz CT molecular complexity index is 749. The molecule has 0 aromatic heterocycles. The molecular weight excluding hydrogens is 316 g/mol. The van der Waals surface area contributed by atoms with Crippen LogP contribution in [0.3, 0.4) is 0 Å². The van der Waals surface area contributed by atoms with Gasteiger partial charge >= 0.3 is 0 Å². The molecule has 1 aliphatic rings. The molecule has 0 fully saturated rings. The van der Waals surface area contributed by atoms with Gasteiger partial charge in [-0.25, -0.2) is 0 Å². The lowest BCUT2D eigenvalue weighted by Crippen LogP contribution is -2.11. The molecule has 134 valence electrons. The van der Waals surface area contributed by atoms with E-state index in [1.54, 1.807) is 12.2 Å². The van der Waals surface area contributed by atoms with E-state index in [1.165, 1.54) is 5.70 Å². The second-order valence-electron chi connectivity index (χ2n) is 5.80. The van der Waals surface area contributed by atoms with Crippen LogP contribution in [0.15, 0.2) is 134 Å². The predicted octanol–water partition coefficient (Wildman–Crippen LogP) is 5.91. The van der Waals surface area contributed by atoms with Crippen molar-refractivity contribution in [2.45, 2.75) is 12.8 Å². The Hall–Kier alpha value is -3.26. The third kappa shape index (κ3) is 8.55. The molecular formula is C24H28N2. The van der Waals surface area contributed by atoms with Crippen molar-refractivity contribution in [3.8, 4) is 0 Å². The Labute approximate surface area is 158 Å². The van der Waals surface area contributed by atoms with Crippen LogP contribution in [-0.2, 0) is 0 Å². The fourth-order valence-corrected chi connectivity index (χ4v) is 2.04. The highest BCUT2D eigenvalue weighted by atomic mass is 14.9. The quantitative estimate of drug-likeness (QED) is 0.455. The van der Waals surface area contributed by atoms with Gasteiger partial charge in [-0.2, -0.15) is 0 Å². The molecule has 0 saturated heterocycles. The van der Waals surface area contributed by atoms with Gasteiger partial charge in [0.2, 0.25) is 0 Å². The maximum absolute atomic E-state index is 4.03. The molecule has 0 aliphatic heterocycles. The first-order valence-electron chi connectivity index (χ1n) is 8.42. The highest BCUT2D eigenvalue weighted by Gasteiger charge is 1.99. The van der Waals surface area contributed by atoms with E-state index in [2.05, 4.69) is 68.3 Å². The molecule has 0 amide bonds. The summed E-state index contributed by atoms with van der Waals surface area (Å²) in [5.41, 5.74) is 5.03. The molecule has 1 rings (SSSR count). The number of hydrogen-bond acceptors (Lipinski definition) is 2. The fourth-order valence-electron chi connectivity index (χ4n) is 2.04. The number of nitrogens with one attached hydrogen (secondary N) is 2. The largest absolute Gasteiger partial charge is 0.359 e. The molecule has 0 atom stereocenters. The second-order valence-corrected chi connectivity index (χ2v) is 5.80.